The molecule has 4 rings (SSSR count). The average molecular weight is 409 g/mol. The Morgan fingerprint density at radius 2 is 1.52 bits per heavy atom. The van der Waals surface area contributed by atoms with Crippen molar-refractivity contribution < 1.29 is 13.5 Å². The summed E-state index contributed by atoms with van der Waals surface area (Å²) in [6, 6.07) is 24.0. The normalized spacial score (nSPS) is 16.2. The fourth-order valence-electron chi connectivity index (χ4n) is 2.87. The van der Waals surface area contributed by atoms with E-state index in [4.69, 9.17) is 0 Å². The summed E-state index contributed by atoms with van der Waals surface area (Å²) in [6.45, 7) is 0. The number of hydrogen-bond donors (Lipinski definition) is 4. The van der Waals surface area contributed by atoms with E-state index in [-0.39, 0.29) is 10.6 Å². The van der Waals surface area contributed by atoms with E-state index in [0.29, 0.717) is 11.4 Å². The van der Waals surface area contributed by atoms with E-state index in [1.807, 2.05) is 30.3 Å². The van der Waals surface area contributed by atoms with E-state index in [1.165, 1.54) is 17.1 Å². The number of para-hydroxylation sites is 2. The summed E-state index contributed by atoms with van der Waals surface area (Å²) in [7, 11) is -3.81. The molecule has 1 aliphatic rings. The Balaban J connectivity index is 1.66. The fraction of sp³-hybridized carbons (Fsp3) is 0.0500. The summed E-state index contributed by atoms with van der Waals surface area (Å²) in [5.74, 6) is 0.368. The molecule has 0 radical (unpaired) electrons. The van der Waals surface area contributed by atoms with E-state index in [2.05, 4.69) is 20.7 Å². The number of nitrogens with zero attached hydrogens (tertiary/aromatic N) is 2. The molecule has 29 heavy (non-hydrogen) atoms. The summed E-state index contributed by atoms with van der Waals surface area (Å²) in [5, 5.41) is 16.0. The van der Waals surface area contributed by atoms with Crippen molar-refractivity contribution in [1.82, 2.24) is 15.2 Å². The maximum atomic E-state index is 12.8. The van der Waals surface area contributed by atoms with Gasteiger partial charge >= 0.3 is 0 Å². The van der Waals surface area contributed by atoms with Crippen molar-refractivity contribution in [3.8, 4) is 5.75 Å². The number of sulfonamides is 1. The molecule has 3 aromatic rings. The van der Waals surface area contributed by atoms with Gasteiger partial charge in [-0.2, -0.15) is 9.82 Å². The van der Waals surface area contributed by atoms with E-state index in [1.54, 1.807) is 42.5 Å². The van der Waals surface area contributed by atoms with Gasteiger partial charge in [-0.25, -0.2) is 13.4 Å². The first-order valence-corrected chi connectivity index (χ1v) is 10.3. The number of phenolic OH excluding ortho intramolecular Hbond substituents is 1. The van der Waals surface area contributed by atoms with Gasteiger partial charge in [0.25, 0.3) is 0 Å². The lowest BCUT2D eigenvalue weighted by Crippen LogP contribution is -2.54. The van der Waals surface area contributed by atoms with Crippen LogP contribution in [0.2, 0.25) is 0 Å². The molecule has 0 bridgehead atoms. The van der Waals surface area contributed by atoms with E-state index < -0.39 is 16.3 Å². The zero-order chi connectivity index (χ0) is 20.3. The highest BCUT2D eigenvalue weighted by atomic mass is 32.2. The largest absolute Gasteiger partial charge is 0.507 e. The van der Waals surface area contributed by atoms with E-state index >= 15 is 0 Å². The lowest BCUT2D eigenvalue weighted by Gasteiger charge is -2.28. The SMILES string of the molecule is O=S(=O)(N[C@@H]1NN=C(c2ccccc2O)N1Nc1ccccc1)c1ccccc1. The molecule has 0 saturated heterocycles. The topological polar surface area (TPSA) is 106 Å². The third kappa shape index (κ3) is 4.00. The molecule has 148 valence electrons. The highest BCUT2D eigenvalue weighted by Crippen LogP contribution is 2.23. The molecule has 0 amide bonds. The summed E-state index contributed by atoms with van der Waals surface area (Å²) in [5.41, 5.74) is 7.10. The Labute approximate surface area is 168 Å². The first kappa shape index (κ1) is 18.8. The molecule has 0 unspecified atom stereocenters. The van der Waals surface area contributed by atoms with Crippen molar-refractivity contribution in [1.29, 1.82) is 0 Å². The Kier molecular flexibility index (Phi) is 5.07. The van der Waals surface area contributed by atoms with Crippen LogP contribution in [0, 0.1) is 0 Å². The Morgan fingerprint density at radius 3 is 2.21 bits per heavy atom. The average Bonchev–Trinajstić information content (AvgIpc) is 3.11. The van der Waals surface area contributed by atoms with Gasteiger partial charge in [-0.15, -0.1) is 0 Å². The van der Waals surface area contributed by atoms with Crippen molar-refractivity contribution in [2.24, 2.45) is 5.10 Å². The quantitative estimate of drug-likeness (QED) is 0.498. The standard InChI is InChI=1S/C20H19N5O3S/c26-18-14-8-7-13-17(18)19-21-22-20(25(19)23-15-9-3-1-4-10-15)24-29(27,28)16-11-5-2-6-12-16/h1-14,20,22-24,26H/t20-/m0/s1. The second-order valence-electron chi connectivity index (χ2n) is 6.27. The first-order valence-electron chi connectivity index (χ1n) is 8.84. The van der Waals surface area contributed by atoms with Crippen LogP contribution in [0.3, 0.4) is 0 Å². The molecular formula is C20H19N5O3S. The zero-order valence-corrected chi connectivity index (χ0v) is 16.0. The molecule has 0 aromatic heterocycles. The maximum absolute atomic E-state index is 12.8. The molecule has 0 spiro atoms. The molecule has 0 fully saturated rings. The summed E-state index contributed by atoms with van der Waals surface area (Å²) in [6.07, 6.45) is -0.921. The minimum Gasteiger partial charge on any atom is -0.507 e. The lowest BCUT2D eigenvalue weighted by molar-refractivity contribution is 0.325. The molecule has 0 aliphatic carbocycles. The number of benzene rings is 3. The zero-order valence-electron chi connectivity index (χ0n) is 15.2. The third-order valence-electron chi connectivity index (χ3n) is 4.27. The van der Waals surface area contributed by atoms with Crippen LogP contribution in [-0.2, 0) is 10.0 Å². The van der Waals surface area contributed by atoms with Crippen LogP contribution in [0.1, 0.15) is 5.56 Å². The van der Waals surface area contributed by atoms with Crippen LogP contribution in [0.25, 0.3) is 0 Å². The molecule has 1 heterocycles. The predicted molar refractivity (Wildman–Crippen MR) is 110 cm³/mol. The van der Waals surface area contributed by atoms with Gasteiger partial charge in [-0.05, 0) is 36.4 Å². The van der Waals surface area contributed by atoms with Gasteiger partial charge in [0.1, 0.15) is 5.75 Å². The first-order chi connectivity index (χ1) is 14.0. The number of anilines is 1. The molecule has 9 heteroatoms. The summed E-state index contributed by atoms with van der Waals surface area (Å²) < 4.78 is 28.2. The lowest BCUT2D eigenvalue weighted by atomic mass is 10.2. The van der Waals surface area contributed by atoms with Gasteiger partial charge in [0.15, 0.2) is 5.84 Å². The van der Waals surface area contributed by atoms with Crippen molar-refractivity contribution in [3.63, 3.8) is 0 Å². The minimum absolute atomic E-state index is 0.0273. The summed E-state index contributed by atoms with van der Waals surface area (Å²) in [4.78, 5) is 0.137. The Bertz CT molecular complexity index is 1120. The van der Waals surface area contributed by atoms with Crippen LogP contribution in [-0.4, -0.2) is 30.7 Å². The molecule has 1 aliphatic heterocycles. The summed E-state index contributed by atoms with van der Waals surface area (Å²) >= 11 is 0. The van der Waals surface area contributed by atoms with Gasteiger partial charge in [0.2, 0.25) is 16.3 Å². The fourth-order valence-corrected chi connectivity index (χ4v) is 3.98. The number of amidine groups is 1. The molecule has 1 atom stereocenters. The number of phenols is 1. The monoisotopic (exact) mass is 409 g/mol. The van der Waals surface area contributed by atoms with Crippen LogP contribution >= 0.6 is 0 Å². The van der Waals surface area contributed by atoms with Gasteiger partial charge in [0.05, 0.1) is 16.1 Å². The second-order valence-corrected chi connectivity index (χ2v) is 7.98. The second kappa shape index (κ2) is 7.82. The van der Waals surface area contributed by atoms with Crippen LogP contribution in [0.4, 0.5) is 5.69 Å². The van der Waals surface area contributed by atoms with Gasteiger partial charge < -0.3 is 5.11 Å². The maximum Gasteiger partial charge on any atom is 0.243 e. The molecule has 0 saturated carbocycles. The molecule has 8 nitrogen and oxygen atoms in total. The van der Waals surface area contributed by atoms with Crippen molar-refractivity contribution in [2.45, 2.75) is 11.2 Å². The van der Waals surface area contributed by atoms with Gasteiger partial charge in [-0.1, -0.05) is 48.5 Å². The predicted octanol–water partition coefficient (Wildman–Crippen LogP) is 2.25. The number of hydrogen-bond acceptors (Lipinski definition) is 7. The molecular weight excluding hydrogens is 390 g/mol. The van der Waals surface area contributed by atoms with Crippen molar-refractivity contribution >= 4 is 21.5 Å². The molecule has 4 N–H and O–H groups in total. The van der Waals surface area contributed by atoms with Crippen molar-refractivity contribution in [2.75, 3.05) is 5.43 Å². The van der Waals surface area contributed by atoms with Crippen LogP contribution < -0.4 is 15.6 Å². The van der Waals surface area contributed by atoms with Gasteiger partial charge in [0, 0.05) is 0 Å². The van der Waals surface area contributed by atoms with Gasteiger partial charge in [-0.3, -0.25) is 10.9 Å². The number of rotatable bonds is 6. The van der Waals surface area contributed by atoms with E-state index in [0.717, 1.165) is 5.69 Å². The van der Waals surface area contributed by atoms with Crippen LogP contribution in [0.15, 0.2) is 94.9 Å². The minimum atomic E-state index is -3.81. The number of hydrazine groups is 1. The van der Waals surface area contributed by atoms with E-state index in [9.17, 15) is 13.5 Å². The Hall–Kier alpha value is -3.56. The Morgan fingerprint density at radius 1 is 0.897 bits per heavy atom. The smallest absolute Gasteiger partial charge is 0.243 e. The number of nitrogens with one attached hydrogen (secondary N) is 3. The number of hydrazone groups is 1. The molecule has 3 aromatic carbocycles. The third-order valence-corrected chi connectivity index (χ3v) is 5.69. The highest BCUT2D eigenvalue weighted by molar-refractivity contribution is 7.89. The van der Waals surface area contributed by atoms with Crippen LogP contribution in [0.5, 0.6) is 5.75 Å². The highest BCUT2D eigenvalue weighted by Gasteiger charge is 2.33. The van der Waals surface area contributed by atoms with Crippen molar-refractivity contribution in [3.05, 3.63) is 90.5 Å². The number of aromatic hydroxyl groups is 1.